The van der Waals surface area contributed by atoms with E-state index in [1.165, 1.54) is 6.07 Å². The average molecular weight is 518 g/mol. The fourth-order valence-electron chi connectivity index (χ4n) is 6.67. The molecule has 2 saturated heterocycles. The Morgan fingerprint density at radius 1 is 1.20 bits per heavy atom. The third-order valence-electron chi connectivity index (χ3n) is 8.17. The summed E-state index contributed by atoms with van der Waals surface area (Å²) in [6.07, 6.45) is 2.83. The molecule has 0 bridgehead atoms. The van der Waals surface area contributed by atoms with Gasteiger partial charge in [0, 0.05) is 47.7 Å². The smallest absolute Gasteiger partial charge is 0.250 e. The molecule has 6 rings (SSSR count). The molecule has 2 aromatic rings. The SMILES string of the molecule is O=C(CCO)N1CC[C@H]2C1[C@H](c1cccc(Cl)c1F)[C@]1(C(=O)Nc3cc(Cl)ccc31)N2CC1CC1. The Bertz CT molecular complexity index is 1220. The first kappa shape index (κ1) is 23.2. The Labute approximate surface area is 213 Å². The van der Waals surface area contributed by atoms with Crippen LogP contribution in [0.4, 0.5) is 10.1 Å². The Balaban J connectivity index is 1.61. The lowest BCUT2D eigenvalue weighted by atomic mass is 9.73. The predicted molar refractivity (Wildman–Crippen MR) is 131 cm³/mol. The molecule has 3 fully saturated rings. The summed E-state index contributed by atoms with van der Waals surface area (Å²) < 4.78 is 15.7. The molecule has 2 aromatic carbocycles. The highest BCUT2D eigenvalue weighted by Crippen LogP contribution is 2.61. The van der Waals surface area contributed by atoms with E-state index in [1.54, 1.807) is 29.2 Å². The van der Waals surface area contributed by atoms with E-state index in [-0.39, 0.29) is 35.9 Å². The van der Waals surface area contributed by atoms with Crippen molar-refractivity contribution in [2.24, 2.45) is 5.92 Å². The monoisotopic (exact) mass is 517 g/mol. The fraction of sp³-hybridized carbons (Fsp3) is 0.462. The number of carbonyl (C=O) groups is 2. The van der Waals surface area contributed by atoms with Crippen molar-refractivity contribution in [2.45, 2.75) is 49.2 Å². The number of likely N-dealkylation sites (tertiary alicyclic amines) is 2. The molecular weight excluding hydrogens is 492 g/mol. The number of aliphatic hydroxyl groups excluding tert-OH is 1. The molecule has 184 valence electrons. The molecule has 1 saturated carbocycles. The van der Waals surface area contributed by atoms with Crippen molar-refractivity contribution in [3.63, 3.8) is 0 Å². The topological polar surface area (TPSA) is 72.9 Å². The summed E-state index contributed by atoms with van der Waals surface area (Å²) in [5.74, 6) is -1.21. The van der Waals surface area contributed by atoms with Crippen molar-refractivity contribution in [1.29, 1.82) is 0 Å². The standard InChI is InChI=1S/C26H26Cl2FN3O3/c27-15-6-7-17-19(12-15)30-25(35)26(17)22(16-2-1-3-18(28)23(16)29)24-20(32(26)13-14-4-5-14)8-10-31(24)21(34)9-11-33/h1-3,6-7,12,14,20,22,24,33H,4-5,8-11,13H2,(H,30,35)/t20-,22-,24?,26+/m0/s1. The highest BCUT2D eigenvalue weighted by Gasteiger charge is 2.70. The third-order valence-corrected chi connectivity index (χ3v) is 8.69. The van der Waals surface area contributed by atoms with Gasteiger partial charge >= 0.3 is 0 Å². The Hall–Kier alpha value is -2.19. The van der Waals surface area contributed by atoms with Gasteiger partial charge in [0.1, 0.15) is 11.4 Å². The highest BCUT2D eigenvalue weighted by molar-refractivity contribution is 6.31. The van der Waals surface area contributed by atoms with Crippen molar-refractivity contribution in [1.82, 2.24) is 9.80 Å². The van der Waals surface area contributed by atoms with Crippen LogP contribution < -0.4 is 5.32 Å². The number of hydrogen-bond donors (Lipinski definition) is 2. The van der Waals surface area contributed by atoms with Gasteiger partial charge in [-0.05, 0) is 48.9 Å². The average Bonchev–Trinajstić information content (AvgIpc) is 3.38. The maximum atomic E-state index is 15.7. The fourth-order valence-corrected chi connectivity index (χ4v) is 7.03. The summed E-state index contributed by atoms with van der Waals surface area (Å²) in [4.78, 5) is 31.2. The van der Waals surface area contributed by atoms with Gasteiger partial charge in [0.05, 0.1) is 17.7 Å². The Kier molecular flexibility index (Phi) is 5.60. The first-order valence-corrected chi connectivity index (χ1v) is 12.9. The van der Waals surface area contributed by atoms with E-state index < -0.39 is 23.3 Å². The van der Waals surface area contributed by atoms with E-state index >= 15 is 4.39 Å². The molecule has 3 aliphatic heterocycles. The van der Waals surface area contributed by atoms with Crippen LogP contribution in [0, 0.1) is 11.7 Å². The molecule has 4 atom stereocenters. The maximum absolute atomic E-state index is 15.7. The normalized spacial score (nSPS) is 29.5. The van der Waals surface area contributed by atoms with E-state index in [1.807, 2.05) is 6.07 Å². The summed E-state index contributed by atoms with van der Waals surface area (Å²) >= 11 is 12.5. The van der Waals surface area contributed by atoms with Gasteiger partial charge in [0.15, 0.2) is 0 Å². The number of halogens is 3. The van der Waals surface area contributed by atoms with Crippen LogP contribution in [0.1, 0.15) is 42.7 Å². The van der Waals surface area contributed by atoms with E-state index in [2.05, 4.69) is 10.2 Å². The molecule has 35 heavy (non-hydrogen) atoms. The van der Waals surface area contributed by atoms with Crippen molar-refractivity contribution >= 4 is 40.7 Å². The first-order chi connectivity index (χ1) is 16.9. The number of hydrogen-bond acceptors (Lipinski definition) is 4. The van der Waals surface area contributed by atoms with Crippen LogP contribution in [0.15, 0.2) is 36.4 Å². The molecule has 1 aliphatic carbocycles. The number of nitrogens with zero attached hydrogens (tertiary/aromatic N) is 2. The van der Waals surface area contributed by atoms with Gasteiger partial charge in [0.2, 0.25) is 11.8 Å². The number of amides is 2. The molecule has 6 nitrogen and oxygen atoms in total. The summed E-state index contributed by atoms with van der Waals surface area (Å²) in [5.41, 5.74) is 0.485. The second kappa shape index (κ2) is 8.44. The second-order valence-electron chi connectivity index (χ2n) is 10.0. The minimum absolute atomic E-state index is 0.0119. The quantitative estimate of drug-likeness (QED) is 0.625. The number of nitrogens with one attached hydrogen (secondary N) is 1. The van der Waals surface area contributed by atoms with E-state index in [0.717, 1.165) is 18.4 Å². The maximum Gasteiger partial charge on any atom is 0.250 e. The summed E-state index contributed by atoms with van der Waals surface area (Å²) in [7, 11) is 0. The predicted octanol–water partition coefficient (Wildman–Crippen LogP) is 4.14. The third kappa shape index (κ3) is 3.35. The molecule has 1 spiro atoms. The van der Waals surface area contributed by atoms with E-state index in [0.29, 0.717) is 41.7 Å². The molecule has 3 heterocycles. The van der Waals surface area contributed by atoms with Crippen molar-refractivity contribution < 1.29 is 19.1 Å². The molecule has 2 amide bonds. The van der Waals surface area contributed by atoms with Crippen molar-refractivity contribution in [3.8, 4) is 0 Å². The molecule has 2 N–H and O–H groups in total. The molecule has 1 unspecified atom stereocenters. The summed E-state index contributed by atoms with van der Waals surface area (Å²) in [6.45, 7) is 0.929. The molecule has 0 radical (unpaired) electrons. The van der Waals surface area contributed by atoms with Gasteiger partial charge < -0.3 is 15.3 Å². The number of carbonyl (C=O) groups excluding carboxylic acids is 2. The number of anilines is 1. The lowest BCUT2D eigenvalue weighted by Gasteiger charge is -2.41. The van der Waals surface area contributed by atoms with E-state index in [4.69, 9.17) is 23.2 Å². The number of benzene rings is 2. The molecule has 9 heteroatoms. The number of fused-ring (bicyclic) bond motifs is 3. The molecule has 4 aliphatic rings. The van der Waals surface area contributed by atoms with Gasteiger partial charge in [-0.1, -0.05) is 41.4 Å². The van der Waals surface area contributed by atoms with Gasteiger partial charge in [-0.15, -0.1) is 0 Å². The molecule has 0 aromatic heterocycles. The van der Waals surface area contributed by atoms with Gasteiger partial charge in [-0.3, -0.25) is 14.5 Å². The van der Waals surface area contributed by atoms with Gasteiger partial charge in [-0.25, -0.2) is 4.39 Å². The molecular formula is C26H26Cl2FN3O3. The second-order valence-corrected chi connectivity index (χ2v) is 10.9. The van der Waals surface area contributed by atoms with Crippen LogP contribution in [-0.4, -0.2) is 58.5 Å². The Morgan fingerprint density at radius 3 is 2.74 bits per heavy atom. The zero-order valence-corrected chi connectivity index (χ0v) is 20.5. The minimum atomic E-state index is -1.21. The number of aliphatic hydroxyl groups is 1. The Morgan fingerprint density at radius 2 is 2.00 bits per heavy atom. The van der Waals surface area contributed by atoms with Crippen LogP contribution in [0.5, 0.6) is 0 Å². The zero-order valence-electron chi connectivity index (χ0n) is 19.0. The first-order valence-electron chi connectivity index (χ1n) is 12.1. The van der Waals surface area contributed by atoms with Crippen LogP contribution in [-0.2, 0) is 15.1 Å². The van der Waals surface area contributed by atoms with Crippen LogP contribution >= 0.6 is 23.2 Å². The summed E-state index contributed by atoms with van der Waals surface area (Å²) in [6, 6.07) is 9.64. The lowest BCUT2D eigenvalue weighted by Crippen LogP contribution is -2.53. The number of rotatable bonds is 5. The van der Waals surface area contributed by atoms with Crippen LogP contribution in [0.25, 0.3) is 0 Å². The lowest BCUT2D eigenvalue weighted by molar-refractivity contribution is -0.134. The van der Waals surface area contributed by atoms with Gasteiger partial charge in [0.25, 0.3) is 0 Å². The zero-order chi connectivity index (χ0) is 24.5. The summed E-state index contributed by atoms with van der Waals surface area (Å²) in [5, 5.41) is 13.0. The minimum Gasteiger partial charge on any atom is -0.396 e. The van der Waals surface area contributed by atoms with Crippen LogP contribution in [0.2, 0.25) is 10.0 Å². The van der Waals surface area contributed by atoms with Crippen molar-refractivity contribution in [3.05, 3.63) is 63.4 Å². The van der Waals surface area contributed by atoms with E-state index in [9.17, 15) is 14.7 Å². The highest BCUT2D eigenvalue weighted by atomic mass is 35.5. The van der Waals surface area contributed by atoms with Crippen molar-refractivity contribution in [2.75, 3.05) is 25.0 Å². The largest absolute Gasteiger partial charge is 0.396 e. The van der Waals surface area contributed by atoms with Gasteiger partial charge in [-0.2, -0.15) is 0 Å². The van der Waals surface area contributed by atoms with Crippen LogP contribution in [0.3, 0.4) is 0 Å².